The molecular formula is C13H17N3O4. The highest BCUT2D eigenvalue weighted by Crippen LogP contribution is 2.15. The second kappa shape index (κ2) is 7.25. The number of ether oxygens (including phenoxy) is 1. The summed E-state index contributed by atoms with van der Waals surface area (Å²) < 4.78 is 5.00. The summed E-state index contributed by atoms with van der Waals surface area (Å²) in [6.45, 7) is 2.66. The molecule has 2 amide bonds. The molecule has 108 valence electrons. The van der Waals surface area contributed by atoms with Crippen LogP contribution >= 0.6 is 0 Å². The normalized spacial score (nSPS) is 11.3. The number of esters is 1. The molecule has 0 bridgehead atoms. The lowest BCUT2D eigenvalue weighted by atomic mass is 10.3. The molecule has 0 aliphatic rings. The van der Waals surface area contributed by atoms with Crippen molar-refractivity contribution in [3.05, 3.63) is 24.3 Å². The molecule has 1 aromatic rings. The summed E-state index contributed by atoms with van der Waals surface area (Å²) in [6, 6.07) is 5.60. The molecule has 7 nitrogen and oxygen atoms in total. The Balaban J connectivity index is 2.46. The zero-order valence-electron chi connectivity index (χ0n) is 11.3. The number of anilines is 1. The van der Waals surface area contributed by atoms with Crippen molar-refractivity contribution >= 4 is 23.5 Å². The summed E-state index contributed by atoms with van der Waals surface area (Å²) in [5.41, 5.74) is 5.93. The Labute approximate surface area is 116 Å². The Hall–Kier alpha value is -2.41. The number of nitrogens with two attached hydrogens (primary N) is 1. The standard InChI is InChI=1S/C13H17N3O4/c1-8(14)13(19)15-7-12(18)20-11-5-3-10(4-6-11)16-9(2)17/h3-6,8H,7,14H2,1-2H3,(H,15,19)(H,16,17)/t8-/m0/s1. The largest absolute Gasteiger partial charge is 0.425 e. The van der Waals surface area contributed by atoms with Crippen molar-refractivity contribution in [2.45, 2.75) is 19.9 Å². The summed E-state index contributed by atoms with van der Waals surface area (Å²) in [5.74, 6) is -0.901. The number of hydrogen-bond acceptors (Lipinski definition) is 5. The van der Waals surface area contributed by atoms with Crippen LogP contribution in [0.1, 0.15) is 13.8 Å². The Bertz CT molecular complexity index is 497. The van der Waals surface area contributed by atoms with Gasteiger partial charge in [0.25, 0.3) is 0 Å². The minimum Gasteiger partial charge on any atom is -0.425 e. The maximum absolute atomic E-state index is 11.5. The van der Waals surface area contributed by atoms with Gasteiger partial charge in [0.1, 0.15) is 12.3 Å². The number of amides is 2. The highest BCUT2D eigenvalue weighted by atomic mass is 16.5. The van der Waals surface area contributed by atoms with E-state index in [1.54, 1.807) is 12.1 Å². The summed E-state index contributed by atoms with van der Waals surface area (Å²) in [4.78, 5) is 33.5. The fraction of sp³-hybridized carbons (Fsp3) is 0.308. The van der Waals surface area contributed by atoms with Crippen LogP contribution in [0.4, 0.5) is 5.69 Å². The Morgan fingerprint density at radius 2 is 1.85 bits per heavy atom. The maximum Gasteiger partial charge on any atom is 0.330 e. The topological polar surface area (TPSA) is 111 Å². The fourth-order valence-electron chi connectivity index (χ4n) is 1.30. The zero-order chi connectivity index (χ0) is 15.1. The van der Waals surface area contributed by atoms with Crippen LogP contribution in [0, 0.1) is 0 Å². The molecule has 0 saturated heterocycles. The fourth-order valence-corrected chi connectivity index (χ4v) is 1.30. The van der Waals surface area contributed by atoms with Crippen molar-refractivity contribution < 1.29 is 19.1 Å². The van der Waals surface area contributed by atoms with E-state index in [4.69, 9.17) is 10.5 Å². The minimum atomic E-state index is -0.681. The molecule has 7 heteroatoms. The van der Waals surface area contributed by atoms with Crippen LogP contribution in [0.5, 0.6) is 5.75 Å². The molecule has 1 atom stereocenters. The number of nitrogens with one attached hydrogen (secondary N) is 2. The zero-order valence-corrected chi connectivity index (χ0v) is 11.3. The molecular weight excluding hydrogens is 262 g/mol. The number of rotatable bonds is 5. The van der Waals surface area contributed by atoms with Crippen molar-refractivity contribution in [3.63, 3.8) is 0 Å². The van der Waals surface area contributed by atoms with Gasteiger partial charge in [0.05, 0.1) is 6.04 Å². The van der Waals surface area contributed by atoms with Crippen molar-refractivity contribution in [1.82, 2.24) is 5.32 Å². The minimum absolute atomic E-state index is 0.187. The lowest BCUT2D eigenvalue weighted by molar-refractivity contribution is -0.135. The van der Waals surface area contributed by atoms with E-state index in [2.05, 4.69) is 10.6 Å². The van der Waals surface area contributed by atoms with Crippen LogP contribution in [0.15, 0.2) is 24.3 Å². The highest BCUT2D eigenvalue weighted by molar-refractivity contribution is 5.89. The van der Waals surface area contributed by atoms with Crippen LogP contribution in [-0.4, -0.2) is 30.4 Å². The third-order valence-corrected chi connectivity index (χ3v) is 2.23. The first kappa shape index (κ1) is 15.6. The summed E-state index contributed by atoms with van der Waals surface area (Å²) in [7, 11) is 0. The van der Waals surface area contributed by atoms with Crippen molar-refractivity contribution in [2.75, 3.05) is 11.9 Å². The molecule has 20 heavy (non-hydrogen) atoms. The van der Waals surface area contributed by atoms with Crippen molar-refractivity contribution in [3.8, 4) is 5.75 Å². The monoisotopic (exact) mass is 279 g/mol. The third kappa shape index (κ3) is 5.49. The van der Waals surface area contributed by atoms with Crippen LogP contribution in [0.3, 0.4) is 0 Å². The van der Waals surface area contributed by atoms with Gasteiger partial charge >= 0.3 is 5.97 Å². The predicted molar refractivity (Wildman–Crippen MR) is 73.0 cm³/mol. The second-order valence-corrected chi connectivity index (χ2v) is 4.19. The van der Waals surface area contributed by atoms with Crippen LogP contribution in [-0.2, 0) is 14.4 Å². The van der Waals surface area contributed by atoms with Crippen LogP contribution in [0.25, 0.3) is 0 Å². The lowest BCUT2D eigenvalue weighted by Crippen LogP contribution is -2.41. The molecule has 0 saturated carbocycles. The van der Waals surface area contributed by atoms with Gasteiger partial charge in [-0.15, -0.1) is 0 Å². The van der Waals surface area contributed by atoms with Gasteiger partial charge in [0.2, 0.25) is 11.8 Å². The molecule has 0 radical (unpaired) electrons. The quantitative estimate of drug-likeness (QED) is 0.519. The van der Waals surface area contributed by atoms with E-state index in [0.29, 0.717) is 11.4 Å². The van der Waals surface area contributed by atoms with Gasteiger partial charge in [-0.2, -0.15) is 0 Å². The first-order valence-electron chi connectivity index (χ1n) is 6.00. The van der Waals surface area contributed by atoms with Gasteiger partial charge in [0, 0.05) is 12.6 Å². The van der Waals surface area contributed by atoms with E-state index in [0.717, 1.165) is 0 Å². The van der Waals surface area contributed by atoms with Gasteiger partial charge in [-0.1, -0.05) is 0 Å². The predicted octanol–water partition coefficient (Wildman–Crippen LogP) is 0.0138. The van der Waals surface area contributed by atoms with Crippen LogP contribution < -0.4 is 21.1 Å². The summed E-state index contributed by atoms with van der Waals surface area (Å²) in [6.07, 6.45) is 0. The van der Waals surface area contributed by atoms with E-state index >= 15 is 0 Å². The van der Waals surface area contributed by atoms with Gasteiger partial charge in [-0.25, -0.2) is 4.79 Å². The first-order valence-corrected chi connectivity index (χ1v) is 6.00. The highest BCUT2D eigenvalue weighted by Gasteiger charge is 2.10. The van der Waals surface area contributed by atoms with Crippen molar-refractivity contribution in [1.29, 1.82) is 0 Å². The SMILES string of the molecule is CC(=O)Nc1ccc(OC(=O)CNC(=O)[C@H](C)N)cc1. The van der Waals surface area contributed by atoms with E-state index in [1.807, 2.05) is 0 Å². The lowest BCUT2D eigenvalue weighted by Gasteiger charge is -2.08. The van der Waals surface area contributed by atoms with E-state index in [-0.39, 0.29) is 12.5 Å². The van der Waals surface area contributed by atoms with Gasteiger partial charge in [-0.3, -0.25) is 9.59 Å². The number of carbonyl (C=O) groups is 3. The van der Waals surface area contributed by atoms with E-state index < -0.39 is 17.9 Å². The molecule has 4 N–H and O–H groups in total. The van der Waals surface area contributed by atoms with Crippen molar-refractivity contribution in [2.24, 2.45) is 5.73 Å². The number of benzene rings is 1. The second-order valence-electron chi connectivity index (χ2n) is 4.19. The van der Waals surface area contributed by atoms with Gasteiger partial charge < -0.3 is 21.1 Å². The molecule has 0 aliphatic carbocycles. The molecule has 0 spiro atoms. The maximum atomic E-state index is 11.5. The molecule has 0 heterocycles. The van der Waals surface area contributed by atoms with Crippen LogP contribution in [0.2, 0.25) is 0 Å². The smallest absolute Gasteiger partial charge is 0.330 e. The molecule has 0 unspecified atom stereocenters. The average Bonchev–Trinajstić information content (AvgIpc) is 2.37. The molecule has 1 rings (SSSR count). The molecule has 0 aromatic heterocycles. The van der Waals surface area contributed by atoms with Gasteiger partial charge in [-0.05, 0) is 31.2 Å². The number of hydrogen-bond donors (Lipinski definition) is 3. The first-order chi connectivity index (χ1) is 9.38. The van der Waals surface area contributed by atoms with E-state index in [9.17, 15) is 14.4 Å². The summed E-state index contributed by atoms with van der Waals surface area (Å²) in [5, 5.41) is 4.93. The molecule has 0 fully saturated rings. The number of carbonyl (C=O) groups excluding carboxylic acids is 3. The average molecular weight is 279 g/mol. The Morgan fingerprint density at radius 3 is 2.35 bits per heavy atom. The Kier molecular flexibility index (Phi) is 5.67. The molecule has 1 aromatic carbocycles. The van der Waals surface area contributed by atoms with Gasteiger partial charge in [0.15, 0.2) is 0 Å². The third-order valence-electron chi connectivity index (χ3n) is 2.23. The Morgan fingerprint density at radius 1 is 1.25 bits per heavy atom. The summed E-state index contributed by atoms with van der Waals surface area (Å²) >= 11 is 0. The van der Waals surface area contributed by atoms with E-state index in [1.165, 1.54) is 26.0 Å². The molecule has 0 aliphatic heterocycles.